The van der Waals surface area contributed by atoms with E-state index in [4.69, 9.17) is 16.3 Å². The lowest BCUT2D eigenvalue weighted by atomic mass is 9.99. The van der Waals surface area contributed by atoms with Gasteiger partial charge in [-0.1, -0.05) is 43.0 Å². The summed E-state index contributed by atoms with van der Waals surface area (Å²) < 4.78 is 5.78. The molecule has 1 atom stereocenters. The molecule has 1 aliphatic rings. The molecule has 1 unspecified atom stereocenters. The molecule has 0 N–H and O–H groups in total. The van der Waals surface area contributed by atoms with Crippen molar-refractivity contribution in [3.05, 3.63) is 71.8 Å². The van der Waals surface area contributed by atoms with Crippen molar-refractivity contribution in [3.63, 3.8) is 0 Å². The molecule has 0 spiro atoms. The summed E-state index contributed by atoms with van der Waals surface area (Å²) in [6.07, 6.45) is 1.75. The van der Waals surface area contributed by atoms with Crippen LogP contribution in [0, 0.1) is 0 Å². The monoisotopic (exact) mass is 302 g/mol. The molecule has 1 nitrogen and oxygen atoms in total. The Kier molecular flexibility index (Phi) is 4.04. The molecule has 0 amide bonds. The molecule has 1 heterocycles. The van der Waals surface area contributed by atoms with Gasteiger partial charge in [-0.25, -0.2) is 0 Å². The lowest BCUT2D eigenvalue weighted by Gasteiger charge is -2.17. The molecule has 1 aliphatic heterocycles. The van der Waals surface area contributed by atoms with Crippen LogP contribution in [0.5, 0.6) is 5.75 Å². The van der Waals surface area contributed by atoms with Gasteiger partial charge in [0.2, 0.25) is 0 Å². The second kappa shape index (κ2) is 5.94. The average molecular weight is 303 g/mol. The van der Waals surface area contributed by atoms with Crippen LogP contribution in [-0.4, -0.2) is 6.61 Å². The van der Waals surface area contributed by atoms with Gasteiger partial charge < -0.3 is 4.74 Å². The largest absolute Gasteiger partial charge is 0.489 e. The van der Waals surface area contributed by atoms with Crippen molar-refractivity contribution in [2.24, 2.45) is 0 Å². The number of rotatable bonds is 3. The lowest BCUT2D eigenvalue weighted by Crippen LogP contribution is -2.03. The molecule has 0 bridgehead atoms. The Morgan fingerprint density at radius 3 is 2.95 bits per heavy atom. The quantitative estimate of drug-likeness (QED) is 0.570. The molecule has 3 heteroatoms. The Bertz CT molecular complexity index is 639. The number of alkyl halides is 1. The lowest BCUT2D eigenvalue weighted by molar-refractivity contribution is 0.359. The molecule has 2 aromatic rings. The van der Waals surface area contributed by atoms with Crippen molar-refractivity contribution in [2.45, 2.75) is 16.0 Å². The summed E-state index contributed by atoms with van der Waals surface area (Å²) in [4.78, 5) is 1.25. The summed E-state index contributed by atoms with van der Waals surface area (Å²) >= 11 is 8.58. The zero-order valence-corrected chi connectivity index (χ0v) is 12.6. The fourth-order valence-corrected chi connectivity index (χ4v) is 4.00. The first-order valence-corrected chi connectivity index (χ1v) is 7.94. The third kappa shape index (κ3) is 2.46. The van der Waals surface area contributed by atoms with E-state index in [1.54, 1.807) is 6.08 Å². The van der Waals surface area contributed by atoms with Gasteiger partial charge in [0.25, 0.3) is 0 Å². The number of ether oxygens (including phenoxy) is 1. The second-order valence-corrected chi connectivity index (χ2v) is 6.07. The van der Waals surface area contributed by atoms with Crippen LogP contribution in [0.25, 0.3) is 0 Å². The van der Waals surface area contributed by atoms with Gasteiger partial charge in [-0.2, -0.15) is 0 Å². The van der Waals surface area contributed by atoms with E-state index in [0.29, 0.717) is 6.61 Å². The van der Waals surface area contributed by atoms with E-state index in [1.807, 2.05) is 30.0 Å². The number of fused-ring (bicyclic) bond motifs is 2. The highest BCUT2D eigenvalue weighted by molar-refractivity contribution is 7.98. The number of hydrogen-bond acceptors (Lipinski definition) is 2. The maximum atomic E-state index is 6.75. The highest BCUT2D eigenvalue weighted by atomic mass is 35.5. The minimum Gasteiger partial charge on any atom is -0.489 e. The molecule has 2 aromatic carbocycles. The first-order valence-electron chi connectivity index (χ1n) is 6.52. The predicted molar refractivity (Wildman–Crippen MR) is 85.8 cm³/mol. The maximum Gasteiger partial charge on any atom is 0.125 e. The molecule has 3 rings (SSSR count). The minimum atomic E-state index is -0.169. The zero-order valence-electron chi connectivity index (χ0n) is 11.0. The van der Waals surface area contributed by atoms with Crippen LogP contribution >= 0.6 is 23.4 Å². The van der Waals surface area contributed by atoms with Gasteiger partial charge in [0.15, 0.2) is 0 Å². The zero-order chi connectivity index (χ0) is 13.9. The summed E-state index contributed by atoms with van der Waals surface area (Å²) in [5.74, 6) is 1.78. The van der Waals surface area contributed by atoms with Crippen LogP contribution in [-0.2, 0) is 5.75 Å². The number of halogens is 1. The van der Waals surface area contributed by atoms with E-state index in [9.17, 15) is 0 Å². The molecular weight excluding hydrogens is 288 g/mol. The Hall–Kier alpha value is -1.38. The standard InChI is InChI=1S/C17H15ClOS/c1-2-10-19-14-8-5-6-12-11-20-15-9-4-3-7-13(15)17(18)16(12)14/h2-9,17H,1,10-11H2. The van der Waals surface area contributed by atoms with Crippen molar-refractivity contribution >= 4 is 23.4 Å². The van der Waals surface area contributed by atoms with E-state index < -0.39 is 0 Å². The van der Waals surface area contributed by atoms with Gasteiger partial charge in [0, 0.05) is 16.2 Å². The summed E-state index contributed by atoms with van der Waals surface area (Å²) in [7, 11) is 0. The van der Waals surface area contributed by atoms with Crippen molar-refractivity contribution < 1.29 is 4.74 Å². The smallest absolute Gasteiger partial charge is 0.125 e. The molecule has 20 heavy (non-hydrogen) atoms. The SMILES string of the molecule is C=CCOc1cccc2c1C(Cl)c1ccccc1SC2. The number of hydrogen-bond donors (Lipinski definition) is 0. The number of thioether (sulfide) groups is 1. The summed E-state index contributed by atoms with van der Waals surface area (Å²) in [6.45, 7) is 4.19. The van der Waals surface area contributed by atoms with E-state index in [2.05, 4.69) is 30.8 Å². The topological polar surface area (TPSA) is 9.23 Å². The van der Waals surface area contributed by atoms with Crippen molar-refractivity contribution in [1.82, 2.24) is 0 Å². The highest BCUT2D eigenvalue weighted by Crippen LogP contribution is 2.45. The van der Waals surface area contributed by atoms with E-state index in [0.717, 1.165) is 22.6 Å². The van der Waals surface area contributed by atoms with Crippen molar-refractivity contribution in [1.29, 1.82) is 0 Å². The van der Waals surface area contributed by atoms with Crippen LogP contribution in [0.4, 0.5) is 0 Å². The van der Waals surface area contributed by atoms with E-state index >= 15 is 0 Å². The fraction of sp³-hybridized carbons (Fsp3) is 0.176. The Morgan fingerprint density at radius 2 is 2.10 bits per heavy atom. The summed E-state index contributed by atoms with van der Waals surface area (Å²) in [6, 6.07) is 14.5. The third-order valence-corrected chi connectivity index (χ3v) is 4.93. The van der Waals surface area contributed by atoms with E-state index in [-0.39, 0.29) is 5.38 Å². The van der Waals surface area contributed by atoms with Crippen molar-refractivity contribution in [3.8, 4) is 5.75 Å². The molecule has 0 fully saturated rings. The highest BCUT2D eigenvalue weighted by Gasteiger charge is 2.25. The predicted octanol–water partition coefficient (Wildman–Crippen LogP) is 5.19. The first-order chi connectivity index (χ1) is 9.81. The first kappa shape index (κ1) is 13.6. The van der Waals surface area contributed by atoms with Gasteiger partial charge in [0.05, 0.1) is 5.38 Å². The minimum absolute atomic E-state index is 0.169. The third-order valence-electron chi connectivity index (χ3n) is 3.34. The maximum absolute atomic E-state index is 6.75. The normalized spacial score (nSPS) is 16.8. The Labute approximate surface area is 128 Å². The van der Waals surface area contributed by atoms with Crippen LogP contribution in [0.2, 0.25) is 0 Å². The van der Waals surface area contributed by atoms with Gasteiger partial charge >= 0.3 is 0 Å². The average Bonchev–Trinajstić information content (AvgIpc) is 2.64. The Balaban J connectivity index is 2.10. The van der Waals surface area contributed by atoms with Gasteiger partial charge in [-0.3, -0.25) is 0 Å². The van der Waals surface area contributed by atoms with Gasteiger partial charge in [-0.05, 0) is 23.3 Å². The summed E-state index contributed by atoms with van der Waals surface area (Å²) in [5, 5.41) is -0.169. The van der Waals surface area contributed by atoms with Crippen LogP contribution in [0.1, 0.15) is 22.1 Å². The summed E-state index contributed by atoms with van der Waals surface area (Å²) in [5.41, 5.74) is 3.49. The molecule has 0 saturated heterocycles. The second-order valence-electron chi connectivity index (χ2n) is 4.62. The van der Waals surface area contributed by atoms with Gasteiger partial charge in [-0.15, -0.1) is 23.4 Å². The van der Waals surface area contributed by atoms with Crippen molar-refractivity contribution in [2.75, 3.05) is 6.61 Å². The molecule has 0 aliphatic carbocycles. The molecule has 0 saturated carbocycles. The molecule has 0 radical (unpaired) electrons. The molecule has 0 aromatic heterocycles. The van der Waals surface area contributed by atoms with Crippen LogP contribution in [0.3, 0.4) is 0 Å². The fourth-order valence-electron chi connectivity index (χ4n) is 2.41. The number of benzene rings is 2. The molecular formula is C17H15ClOS. The Morgan fingerprint density at radius 1 is 1.25 bits per heavy atom. The van der Waals surface area contributed by atoms with Crippen LogP contribution < -0.4 is 4.74 Å². The molecule has 102 valence electrons. The van der Waals surface area contributed by atoms with Gasteiger partial charge in [0.1, 0.15) is 12.4 Å². The van der Waals surface area contributed by atoms with E-state index in [1.165, 1.54) is 10.5 Å². The van der Waals surface area contributed by atoms with Crippen LogP contribution in [0.15, 0.2) is 60.0 Å².